The Labute approximate surface area is 112 Å². The zero-order chi connectivity index (χ0) is 13.1. The van der Waals surface area contributed by atoms with Crippen LogP contribution in [0.4, 0.5) is 0 Å². The first-order valence-corrected chi connectivity index (χ1v) is 7.38. The van der Waals surface area contributed by atoms with Gasteiger partial charge in [-0.3, -0.25) is 0 Å². The number of rotatable bonds is 4. The summed E-state index contributed by atoms with van der Waals surface area (Å²) in [5, 5.41) is 0. The van der Waals surface area contributed by atoms with Gasteiger partial charge in [0.15, 0.2) is 0 Å². The van der Waals surface area contributed by atoms with Crippen molar-refractivity contribution in [3.05, 3.63) is 48.6 Å². The summed E-state index contributed by atoms with van der Waals surface area (Å²) in [6.07, 6.45) is 23.3. The lowest BCUT2D eigenvalue weighted by molar-refractivity contribution is 0.100. The first-order chi connectivity index (χ1) is 8.69. The van der Waals surface area contributed by atoms with Crippen LogP contribution >= 0.6 is 0 Å². The third-order valence-electron chi connectivity index (χ3n) is 5.39. The van der Waals surface area contributed by atoms with Gasteiger partial charge in [-0.15, -0.1) is 0 Å². The third kappa shape index (κ3) is 2.13. The van der Waals surface area contributed by atoms with Crippen LogP contribution in [0, 0.1) is 16.7 Å². The number of allylic oxidation sites excluding steroid dienone is 8. The van der Waals surface area contributed by atoms with E-state index in [1.165, 1.54) is 25.7 Å². The second-order valence-corrected chi connectivity index (χ2v) is 5.88. The van der Waals surface area contributed by atoms with Crippen molar-refractivity contribution in [1.29, 1.82) is 0 Å². The molecule has 0 aromatic carbocycles. The van der Waals surface area contributed by atoms with Gasteiger partial charge in [0.25, 0.3) is 0 Å². The normalized spacial score (nSPS) is 35.9. The molecule has 2 aliphatic rings. The molecule has 2 rings (SSSR count). The highest BCUT2D eigenvalue weighted by atomic mass is 14.5. The van der Waals surface area contributed by atoms with Crippen molar-refractivity contribution in [1.82, 2.24) is 0 Å². The Morgan fingerprint density at radius 2 is 1.28 bits per heavy atom. The molecule has 0 aromatic heterocycles. The van der Waals surface area contributed by atoms with Crippen molar-refractivity contribution in [3.63, 3.8) is 0 Å². The van der Waals surface area contributed by atoms with Crippen LogP contribution in [0.2, 0.25) is 0 Å². The quantitative estimate of drug-likeness (QED) is 0.615. The molecule has 2 atom stereocenters. The lowest BCUT2D eigenvalue weighted by Crippen LogP contribution is -2.39. The average molecular weight is 242 g/mol. The molecule has 98 valence electrons. The summed E-state index contributed by atoms with van der Waals surface area (Å²) in [6, 6.07) is 0. The van der Waals surface area contributed by atoms with Crippen molar-refractivity contribution in [3.8, 4) is 0 Å². The van der Waals surface area contributed by atoms with Crippen LogP contribution in [0.3, 0.4) is 0 Å². The van der Waals surface area contributed by atoms with Crippen LogP contribution in [0.5, 0.6) is 0 Å². The molecule has 0 fully saturated rings. The zero-order valence-electron chi connectivity index (χ0n) is 12.0. The van der Waals surface area contributed by atoms with Gasteiger partial charge in [-0.1, -0.05) is 69.4 Å². The van der Waals surface area contributed by atoms with Gasteiger partial charge in [-0.05, 0) is 42.4 Å². The molecule has 18 heavy (non-hydrogen) atoms. The molecule has 0 bridgehead atoms. The number of hydrogen-bond donors (Lipinski definition) is 0. The van der Waals surface area contributed by atoms with E-state index in [1.54, 1.807) is 0 Å². The molecule has 2 aliphatic carbocycles. The van der Waals surface area contributed by atoms with Crippen LogP contribution in [0.1, 0.15) is 46.5 Å². The Morgan fingerprint density at radius 3 is 1.56 bits per heavy atom. The maximum atomic E-state index is 2.46. The molecule has 0 radical (unpaired) electrons. The summed E-state index contributed by atoms with van der Waals surface area (Å²) in [5.74, 6) is 0.683. The largest absolute Gasteiger partial charge is 0.0837 e. The van der Waals surface area contributed by atoms with Gasteiger partial charge in [0.1, 0.15) is 0 Å². The van der Waals surface area contributed by atoms with E-state index in [-0.39, 0.29) is 0 Å². The van der Waals surface area contributed by atoms with E-state index in [2.05, 4.69) is 69.4 Å². The van der Waals surface area contributed by atoms with Crippen LogP contribution in [0.25, 0.3) is 0 Å². The standard InChI is InChI=1S/C18H26/c1-4-17(12-8-6-9-13-17)16(3)18(5-2)14-10-7-11-15-18/h6-12,14,16H,4-5,13,15H2,1-3H3. The highest BCUT2D eigenvalue weighted by molar-refractivity contribution is 5.24. The third-order valence-corrected chi connectivity index (χ3v) is 5.39. The van der Waals surface area contributed by atoms with E-state index in [9.17, 15) is 0 Å². The van der Waals surface area contributed by atoms with Gasteiger partial charge in [-0.25, -0.2) is 0 Å². The second-order valence-electron chi connectivity index (χ2n) is 5.88. The summed E-state index contributed by atoms with van der Waals surface area (Å²) >= 11 is 0. The van der Waals surface area contributed by atoms with Crippen molar-refractivity contribution in [2.24, 2.45) is 16.7 Å². The summed E-state index contributed by atoms with van der Waals surface area (Å²) in [6.45, 7) is 7.14. The van der Waals surface area contributed by atoms with Crippen molar-refractivity contribution < 1.29 is 0 Å². The van der Waals surface area contributed by atoms with Crippen molar-refractivity contribution in [2.75, 3.05) is 0 Å². The van der Waals surface area contributed by atoms with Gasteiger partial charge in [0.05, 0.1) is 0 Å². The topological polar surface area (TPSA) is 0 Å². The summed E-state index contributed by atoms with van der Waals surface area (Å²) in [5.41, 5.74) is 0.695. The van der Waals surface area contributed by atoms with E-state index in [4.69, 9.17) is 0 Å². The molecule has 0 aromatic rings. The maximum absolute atomic E-state index is 2.46. The minimum atomic E-state index is 0.347. The lowest BCUT2D eigenvalue weighted by atomic mass is 9.56. The molecule has 0 saturated carbocycles. The molecular formula is C18H26. The Bertz CT molecular complexity index is 358. The molecule has 0 heteroatoms. The zero-order valence-corrected chi connectivity index (χ0v) is 12.0. The highest BCUT2D eigenvalue weighted by Gasteiger charge is 2.43. The molecule has 0 aliphatic heterocycles. The summed E-state index contributed by atoms with van der Waals surface area (Å²) < 4.78 is 0. The predicted octanol–water partition coefficient (Wildman–Crippen LogP) is 5.45. The van der Waals surface area contributed by atoms with Crippen LogP contribution in [-0.2, 0) is 0 Å². The van der Waals surface area contributed by atoms with E-state index in [1.807, 2.05) is 0 Å². The SMILES string of the molecule is CCC1(C(C)C2(CC)C=CC=CC2)C=CC=CC1. The smallest absolute Gasteiger partial charge is 0.00492 e. The van der Waals surface area contributed by atoms with Gasteiger partial charge in [0, 0.05) is 0 Å². The fraction of sp³-hybridized carbons (Fsp3) is 0.556. The molecular weight excluding hydrogens is 216 g/mol. The predicted molar refractivity (Wildman–Crippen MR) is 80.4 cm³/mol. The Kier molecular flexibility index (Phi) is 3.94. The first-order valence-electron chi connectivity index (χ1n) is 7.38. The van der Waals surface area contributed by atoms with Gasteiger partial charge in [0.2, 0.25) is 0 Å². The summed E-state index contributed by atoms with van der Waals surface area (Å²) in [4.78, 5) is 0. The van der Waals surface area contributed by atoms with Crippen LogP contribution in [-0.4, -0.2) is 0 Å². The molecule has 0 amide bonds. The van der Waals surface area contributed by atoms with E-state index in [0.717, 1.165) is 0 Å². The minimum Gasteiger partial charge on any atom is -0.0837 e. The van der Waals surface area contributed by atoms with E-state index >= 15 is 0 Å². The van der Waals surface area contributed by atoms with Crippen LogP contribution in [0.15, 0.2) is 48.6 Å². The maximum Gasteiger partial charge on any atom is -0.00492 e. The molecule has 0 spiro atoms. The van der Waals surface area contributed by atoms with E-state index < -0.39 is 0 Å². The Hall–Kier alpha value is -1.04. The molecule has 0 heterocycles. The molecule has 2 unspecified atom stereocenters. The fourth-order valence-corrected chi connectivity index (χ4v) is 3.71. The van der Waals surface area contributed by atoms with Crippen molar-refractivity contribution in [2.45, 2.75) is 46.5 Å². The average Bonchev–Trinajstić information content (AvgIpc) is 2.48. The van der Waals surface area contributed by atoms with Crippen molar-refractivity contribution >= 4 is 0 Å². The first kappa shape index (κ1) is 13.4. The molecule has 0 saturated heterocycles. The summed E-state index contributed by atoms with van der Waals surface area (Å²) in [7, 11) is 0. The van der Waals surface area contributed by atoms with Gasteiger partial charge >= 0.3 is 0 Å². The van der Waals surface area contributed by atoms with Crippen LogP contribution < -0.4 is 0 Å². The monoisotopic (exact) mass is 242 g/mol. The van der Waals surface area contributed by atoms with Gasteiger partial charge < -0.3 is 0 Å². The minimum absolute atomic E-state index is 0.347. The Morgan fingerprint density at radius 1 is 0.833 bits per heavy atom. The van der Waals surface area contributed by atoms with E-state index in [0.29, 0.717) is 16.7 Å². The lowest BCUT2D eigenvalue weighted by Gasteiger charge is -2.48. The second kappa shape index (κ2) is 5.30. The number of hydrogen-bond acceptors (Lipinski definition) is 0. The van der Waals surface area contributed by atoms with Gasteiger partial charge in [-0.2, -0.15) is 0 Å². The molecule has 0 N–H and O–H groups in total. The fourth-order valence-electron chi connectivity index (χ4n) is 3.71. The molecule has 0 nitrogen and oxygen atoms in total. The Balaban J connectivity index is 2.31. The highest BCUT2D eigenvalue weighted by Crippen LogP contribution is 2.52.